The van der Waals surface area contributed by atoms with Crippen molar-refractivity contribution in [3.63, 3.8) is 0 Å². The maximum absolute atomic E-state index is 12.5. The summed E-state index contributed by atoms with van der Waals surface area (Å²) >= 11 is 0. The molecule has 0 bridgehead atoms. The van der Waals surface area contributed by atoms with Gasteiger partial charge in [-0.1, -0.05) is 0 Å². The lowest BCUT2D eigenvalue weighted by Gasteiger charge is -2.19. The van der Waals surface area contributed by atoms with Crippen molar-refractivity contribution in [1.29, 1.82) is 0 Å². The Hall–Kier alpha value is -3.69. The topological polar surface area (TPSA) is 137 Å². The average molecular weight is 425 g/mol. The molecule has 0 fully saturated rings. The van der Waals surface area contributed by atoms with Crippen molar-refractivity contribution in [3.05, 3.63) is 42.5 Å². The van der Waals surface area contributed by atoms with E-state index < -0.39 is 11.7 Å². The molecule has 0 aromatic carbocycles. The number of carbonyl (C=O) groups is 2. The third-order valence-corrected chi connectivity index (χ3v) is 4.33. The van der Waals surface area contributed by atoms with Crippen molar-refractivity contribution in [3.8, 4) is 11.3 Å². The van der Waals surface area contributed by atoms with Crippen LogP contribution in [0.2, 0.25) is 0 Å². The molecule has 3 aromatic rings. The minimum absolute atomic E-state index is 0.131. The standard InChI is InChI=1S/C21H27N7O3/c1-21(2,3)31-20(30)25-8-4-7-24-17(29)12-15-11-16(14-5-9-23-10-6-14)28-18(15)19(22)26-13-27-28/h5-6,9-11,13H,4,7-8,12H2,1-3H3,(H,24,29)(H,25,30)(H2,22,26,27). The Kier molecular flexibility index (Phi) is 6.68. The van der Waals surface area contributed by atoms with Crippen LogP contribution in [0.4, 0.5) is 10.6 Å². The van der Waals surface area contributed by atoms with E-state index in [-0.39, 0.29) is 12.3 Å². The lowest BCUT2D eigenvalue weighted by Crippen LogP contribution is -2.34. The van der Waals surface area contributed by atoms with Gasteiger partial charge in [0.15, 0.2) is 5.82 Å². The van der Waals surface area contributed by atoms with Gasteiger partial charge >= 0.3 is 6.09 Å². The van der Waals surface area contributed by atoms with Crippen molar-refractivity contribution < 1.29 is 14.3 Å². The number of amides is 2. The number of hydrogen-bond acceptors (Lipinski definition) is 7. The monoisotopic (exact) mass is 425 g/mol. The molecule has 0 aliphatic rings. The van der Waals surface area contributed by atoms with E-state index in [4.69, 9.17) is 10.5 Å². The number of nitrogens with two attached hydrogens (primary N) is 1. The molecule has 3 aromatic heterocycles. The highest BCUT2D eigenvalue weighted by Gasteiger charge is 2.18. The molecule has 0 atom stereocenters. The number of fused-ring (bicyclic) bond motifs is 1. The van der Waals surface area contributed by atoms with Crippen LogP contribution in [0.25, 0.3) is 16.8 Å². The van der Waals surface area contributed by atoms with Crippen LogP contribution in [0, 0.1) is 0 Å². The molecule has 0 aliphatic carbocycles. The molecule has 10 nitrogen and oxygen atoms in total. The first-order valence-corrected chi connectivity index (χ1v) is 9.99. The van der Waals surface area contributed by atoms with E-state index in [0.717, 1.165) is 16.8 Å². The SMILES string of the molecule is CC(C)(C)OC(=O)NCCCNC(=O)Cc1cc(-c2ccncc2)n2ncnc(N)c12. The molecule has 0 saturated heterocycles. The molecule has 4 N–H and O–H groups in total. The largest absolute Gasteiger partial charge is 0.444 e. The molecule has 10 heteroatoms. The van der Waals surface area contributed by atoms with Gasteiger partial charge in [0.25, 0.3) is 0 Å². The van der Waals surface area contributed by atoms with E-state index >= 15 is 0 Å². The Labute approximate surface area is 180 Å². The highest BCUT2D eigenvalue weighted by Crippen LogP contribution is 2.27. The molecule has 0 spiro atoms. The van der Waals surface area contributed by atoms with Gasteiger partial charge in [-0.2, -0.15) is 5.10 Å². The number of pyridine rings is 1. The number of ether oxygens (including phenoxy) is 1. The van der Waals surface area contributed by atoms with Gasteiger partial charge in [0, 0.05) is 31.0 Å². The van der Waals surface area contributed by atoms with E-state index in [1.165, 1.54) is 6.33 Å². The number of hydrogen-bond donors (Lipinski definition) is 3. The Morgan fingerprint density at radius 3 is 2.58 bits per heavy atom. The number of nitrogens with one attached hydrogen (secondary N) is 2. The van der Waals surface area contributed by atoms with Crippen molar-refractivity contribution in [2.24, 2.45) is 0 Å². The molecule has 0 saturated carbocycles. The van der Waals surface area contributed by atoms with Crippen molar-refractivity contribution in [2.75, 3.05) is 18.8 Å². The second-order valence-electron chi connectivity index (χ2n) is 8.01. The molecule has 164 valence electrons. The minimum atomic E-state index is -0.542. The summed E-state index contributed by atoms with van der Waals surface area (Å²) in [5.74, 6) is 0.147. The zero-order chi connectivity index (χ0) is 22.4. The number of rotatable bonds is 7. The predicted octanol–water partition coefficient (Wildman–Crippen LogP) is 1.95. The molecule has 3 rings (SSSR count). The van der Waals surface area contributed by atoms with Gasteiger partial charge < -0.3 is 21.1 Å². The van der Waals surface area contributed by atoms with Gasteiger partial charge in [-0.05, 0) is 51.0 Å². The van der Waals surface area contributed by atoms with Gasteiger partial charge in [-0.3, -0.25) is 9.78 Å². The minimum Gasteiger partial charge on any atom is -0.444 e. The first kappa shape index (κ1) is 22.0. The fourth-order valence-corrected chi connectivity index (χ4v) is 3.06. The molecule has 0 radical (unpaired) electrons. The summed E-state index contributed by atoms with van der Waals surface area (Å²) in [4.78, 5) is 32.2. The number of nitrogens with zero attached hydrogens (tertiary/aromatic N) is 4. The zero-order valence-electron chi connectivity index (χ0n) is 17.9. The molecular weight excluding hydrogens is 398 g/mol. The maximum Gasteiger partial charge on any atom is 0.407 e. The third-order valence-electron chi connectivity index (χ3n) is 4.33. The summed E-state index contributed by atoms with van der Waals surface area (Å²) in [5.41, 5.74) is 8.57. The van der Waals surface area contributed by atoms with Crippen LogP contribution in [0.3, 0.4) is 0 Å². The summed E-state index contributed by atoms with van der Waals surface area (Å²) in [6.45, 7) is 6.23. The number of alkyl carbamates (subject to hydrolysis) is 1. The van der Waals surface area contributed by atoms with Crippen LogP contribution in [0.15, 0.2) is 36.9 Å². The Bertz CT molecular complexity index is 1060. The predicted molar refractivity (Wildman–Crippen MR) is 116 cm³/mol. The lowest BCUT2D eigenvalue weighted by atomic mass is 10.1. The molecule has 0 aliphatic heterocycles. The van der Waals surface area contributed by atoms with Crippen molar-refractivity contribution >= 4 is 23.3 Å². The van der Waals surface area contributed by atoms with Crippen molar-refractivity contribution in [1.82, 2.24) is 30.2 Å². The Morgan fingerprint density at radius 2 is 1.87 bits per heavy atom. The smallest absolute Gasteiger partial charge is 0.407 e. The number of nitrogen functional groups attached to an aromatic ring is 1. The van der Waals surface area contributed by atoms with Crippen LogP contribution < -0.4 is 16.4 Å². The molecule has 0 unspecified atom stereocenters. The summed E-state index contributed by atoms with van der Waals surface area (Å²) in [6, 6.07) is 5.61. The Balaban J connectivity index is 1.59. The Morgan fingerprint density at radius 1 is 1.16 bits per heavy atom. The molecule has 31 heavy (non-hydrogen) atoms. The second kappa shape index (κ2) is 9.41. The van der Waals surface area contributed by atoms with Crippen LogP contribution in [-0.4, -0.2) is 50.3 Å². The highest BCUT2D eigenvalue weighted by atomic mass is 16.6. The van der Waals surface area contributed by atoms with Crippen LogP contribution in [0.5, 0.6) is 0 Å². The van der Waals surface area contributed by atoms with Crippen molar-refractivity contribution in [2.45, 2.75) is 39.2 Å². The van der Waals surface area contributed by atoms with Gasteiger partial charge in [-0.15, -0.1) is 0 Å². The lowest BCUT2D eigenvalue weighted by molar-refractivity contribution is -0.120. The number of aromatic nitrogens is 4. The van der Waals surface area contributed by atoms with Gasteiger partial charge in [0.05, 0.1) is 12.1 Å². The molecule has 3 heterocycles. The van der Waals surface area contributed by atoms with Crippen LogP contribution >= 0.6 is 0 Å². The van der Waals surface area contributed by atoms with Crippen LogP contribution in [0.1, 0.15) is 32.8 Å². The third kappa shape index (κ3) is 5.91. The summed E-state index contributed by atoms with van der Waals surface area (Å²) in [5, 5.41) is 9.81. The van der Waals surface area contributed by atoms with E-state index in [1.54, 1.807) is 37.7 Å². The fourth-order valence-electron chi connectivity index (χ4n) is 3.06. The normalized spacial score (nSPS) is 11.3. The first-order valence-electron chi connectivity index (χ1n) is 9.99. The quantitative estimate of drug-likeness (QED) is 0.492. The van der Waals surface area contributed by atoms with Crippen LogP contribution in [-0.2, 0) is 16.0 Å². The zero-order valence-corrected chi connectivity index (χ0v) is 17.9. The molecular formula is C21H27N7O3. The van der Waals surface area contributed by atoms with Gasteiger partial charge in [0.1, 0.15) is 17.4 Å². The second-order valence-corrected chi connectivity index (χ2v) is 8.01. The summed E-state index contributed by atoms with van der Waals surface area (Å²) in [6.07, 6.45) is 5.00. The van der Waals surface area contributed by atoms with E-state index in [2.05, 4.69) is 25.7 Å². The summed E-state index contributed by atoms with van der Waals surface area (Å²) in [7, 11) is 0. The van der Waals surface area contributed by atoms with Gasteiger partial charge in [0.2, 0.25) is 5.91 Å². The number of carbonyl (C=O) groups excluding carboxylic acids is 2. The fraction of sp³-hybridized carbons (Fsp3) is 0.381. The molecule has 2 amide bonds. The number of anilines is 1. The average Bonchev–Trinajstić information content (AvgIpc) is 3.06. The first-order chi connectivity index (χ1) is 14.7. The van der Waals surface area contributed by atoms with Gasteiger partial charge in [-0.25, -0.2) is 14.3 Å². The van der Waals surface area contributed by atoms with E-state index in [1.807, 2.05) is 18.2 Å². The summed E-state index contributed by atoms with van der Waals surface area (Å²) < 4.78 is 6.85. The van der Waals surface area contributed by atoms with E-state index in [0.29, 0.717) is 30.8 Å². The maximum atomic E-state index is 12.5. The van der Waals surface area contributed by atoms with E-state index in [9.17, 15) is 9.59 Å². The highest BCUT2D eigenvalue weighted by molar-refractivity contribution is 5.86.